The van der Waals surface area contributed by atoms with Crippen molar-refractivity contribution in [3.63, 3.8) is 0 Å². The van der Waals surface area contributed by atoms with Gasteiger partial charge in [0.15, 0.2) is 12.7 Å². The fourth-order valence-corrected chi connectivity index (χ4v) is 2.12. The Morgan fingerprint density at radius 3 is 2.83 bits per heavy atom. The van der Waals surface area contributed by atoms with Crippen LogP contribution in [0.1, 0.15) is 12.8 Å². The second-order valence-corrected chi connectivity index (χ2v) is 4.94. The Labute approximate surface area is 131 Å². The minimum atomic E-state index is -0.573. The summed E-state index contributed by atoms with van der Waals surface area (Å²) in [4.78, 5) is 23.3. The molecule has 23 heavy (non-hydrogen) atoms. The number of rotatable bonds is 5. The van der Waals surface area contributed by atoms with Crippen LogP contribution in [0.3, 0.4) is 0 Å². The number of hydrogen-bond donors (Lipinski definition) is 1. The van der Waals surface area contributed by atoms with Gasteiger partial charge in [0, 0.05) is 12.2 Å². The number of nitrogens with zero attached hydrogens (tertiary/aromatic N) is 2. The van der Waals surface area contributed by atoms with Crippen LogP contribution >= 0.6 is 0 Å². The van der Waals surface area contributed by atoms with Crippen LogP contribution < -0.4 is 5.32 Å². The second-order valence-electron chi connectivity index (χ2n) is 4.94. The zero-order valence-electron chi connectivity index (χ0n) is 12.2. The molecule has 1 fully saturated rings. The highest BCUT2D eigenvalue weighted by Crippen LogP contribution is 2.19. The highest BCUT2D eigenvalue weighted by Gasteiger charge is 2.25. The maximum atomic E-state index is 11.7. The molecule has 2 heterocycles. The van der Waals surface area contributed by atoms with Gasteiger partial charge in [-0.3, -0.25) is 10.1 Å². The first-order valence-electron chi connectivity index (χ1n) is 7.19. The lowest BCUT2D eigenvalue weighted by Gasteiger charge is -2.08. The van der Waals surface area contributed by atoms with Crippen molar-refractivity contribution in [3.8, 4) is 11.5 Å². The van der Waals surface area contributed by atoms with Crippen molar-refractivity contribution in [1.29, 1.82) is 0 Å². The van der Waals surface area contributed by atoms with E-state index >= 15 is 0 Å². The zero-order valence-corrected chi connectivity index (χ0v) is 12.2. The molecule has 1 unspecified atom stereocenters. The van der Waals surface area contributed by atoms with Gasteiger partial charge in [-0.2, -0.15) is 0 Å². The Bertz CT molecular complexity index is 679. The van der Waals surface area contributed by atoms with E-state index in [-0.39, 0.29) is 11.9 Å². The zero-order chi connectivity index (χ0) is 16.1. The third-order valence-corrected chi connectivity index (χ3v) is 3.23. The molecule has 0 spiro atoms. The minimum absolute atomic E-state index is 0.0537. The van der Waals surface area contributed by atoms with Gasteiger partial charge in [0.1, 0.15) is 0 Å². The van der Waals surface area contributed by atoms with Crippen molar-refractivity contribution in [1.82, 2.24) is 10.2 Å². The number of aromatic nitrogens is 2. The van der Waals surface area contributed by atoms with E-state index in [1.807, 2.05) is 30.3 Å². The lowest BCUT2D eigenvalue weighted by molar-refractivity contribution is -0.156. The third-order valence-electron chi connectivity index (χ3n) is 3.23. The van der Waals surface area contributed by atoms with E-state index in [0.717, 1.165) is 12.0 Å². The number of ether oxygens (including phenoxy) is 2. The highest BCUT2D eigenvalue weighted by atomic mass is 16.6. The van der Waals surface area contributed by atoms with Crippen LogP contribution in [0, 0.1) is 0 Å². The SMILES string of the molecule is O=C(COC(=O)C1CCCO1)Nc1nnc(-c2ccccc2)o1. The molecule has 0 bridgehead atoms. The van der Waals surface area contributed by atoms with Crippen molar-refractivity contribution in [2.75, 3.05) is 18.5 Å². The molecule has 1 aromatic heterocycles. The van der Waals surface area contributed by atoms with Crippen molar-refractivity contribution in [2.24, 2.45) is 0 Å². The maximum absolute atomic E-state index is 11.7. The van der Waals surface area contributed by atoms with Crippen molar-refractivity contribution >= 4 is 17.9 Å². The van der Waals surface area contributed by atoms with Crippen LogP contribution in [0.25, 0.3) is 11.5 Å². The highest BCUT2D eigenvalue weighted by molar-refractivity contribution is 5.91. The van der Waals surface area contributed by atoms with E-state index in [9.17, 15) is 9.59 Å². The Kier molecular flexibility index (Phi) is 4.62. The molecule has 120 valence electrons. The van der Waals surface area contributed by atoms with E-state index in [2.05, 4.69) is 15.5 Å². The van der Waals surface area contributed by atoms with Crippen LogP contribution in [0.2, 0.25) is 0 Å². The van der Waals surface area contributed by atoms with Crippen LogP contribution in [0.15, 0.2) is 34.7 Å². The number of carbonyl (C=O) groups excluding carboxylic acids is 2. The third kappa shape index (κ3) is 3.92. The van der Waals surface area contributed by atoms with Gasteiger partial charge in [0.05, 0.1) is 0 Å². The number of anilines is 1. The summed E-state index contributed by atoms with van der Waals surface area (Å²) in [7, 11) is 0. The minimum Gasteiger partial charge on any atom is -0.454 e. The second kappa shape index (κ2) is 7.01. The number of hydrogen-bond acceptors (Lipinski definition) is 7. The summed E-state index contributed by atoms with van der Waals surface area (Å²) in [6.07, 6.45) is 0.858. The summed E-state index contributed by atoms with van der Waals surface area (Å²) in [5, 5.41) is 9.94. The summed E-state index contributed by atoms with van der Waals surface area (Å²) < 4.78 is 15.4. The molecule has 0 saturated carbocycles. The van der Waals surface area contributed by atoms with Crippen LogP contribution in [0.5, 0.6) is 0 Å². The van der Waals surface area contributed by atoms with E-state index in [1.165, 1.54) is 0 Å². The molecule has 0 radical (unpaired) electrons. The molecule has 1 aliphatic heterocycles. The largest absolute Gasteiger partial charge is 0.454 e. The van der Waals surface area contributed by atoms with Crippen LogP contribution in [-0.4, -0.2) is 41.4 Å². The van der Waals surface area contributed by atoms with Gasteiger partial charge in [-0.25, -0.2) is 4.79 Å². The average molecular weight is 317 g/mol. The quantitative estimate of drug-likeness (QED) is 0.831. The monoisotopic (exact) mass is 317 g/mol. The van der Waals surface area contributed by atoms with Gasteiger partial charge in [0.25, 0.3) is 5.91 Å². The van der Waals surface area contributed by atoms with Gasteiger partial charge in [0.2, 0.25) is 5.89 Å². The number of esters is 1. The van der Waals surface area contributed by atoms with Crippen molar-refractivity contribution in [2.45, 2.75) is 18.9 Å². The molecule has 1 N–H and O–H groups in total. The lowest BCUT2D eigenvalue weighted by atomic mass is 10.2. The fourth-order valence-electron chi connectivity index (χ4n) is 2.12. The van der Waals surface area contributed by atoms with Gasteiger partial charge in [-0.05, 0) is 25.0 Å². The van der Waals surface area contributed by atoms with Crippen LogP contribution in [0.4, 0.5) is 6.01 Å². The first-order chi connectivity index (χ1) is 11.2. The molecule has 1 aliphatic rings. The predicted molar refractivity (Wildman–Crippen MR) is 78.3 cm³/mol. The van der Waals surface area contributed by atoms with Crippen molar-refractivity contribution < 1.29 is 23.5 Å². The summed E-state index contributed by atoms with van der Waals surface area (Å²) in [6, 6.07) is 9.10. The Morgan fingerprint density at radius 2 is 2.09 bits per heavy atom. The molecule has 2 aromatic rings. The summed E-state index contributed by atoms with van der Waals surface area (Å²) in [5.41, 5.74) is 0.741. The topological polar surface area (TPSA) is 104 Å². The molecule has 3 rings (SSSR count). The molecule has 1 saturated heterocycles. The lowest BCUT2D eigenvalue weighted by Crippen LogP contribution is -2.27. The number of nitrogens with one attached hydrogen (secondary N) is 1. The van der Waals surface area contributed by atoms with E-state index in [0.29, 0.717) is 13.0 Å². The molecule has 1 atom stereocenters. The maximum Gasteiger partial charge on any atom is 0.335 e. The normalized spacial score (nSPS) is 17.0. The van der Waals surface area contributed by atoms with E-state index in [4.69, 9.17) is 13.9 Å². The van der Waals surface area contributed by atoms with Gasteiger partial charge in [-0.15, -0.1) is 5.10 Å². The van der Waals surface area contributed by atoms with Gasteiger partial charge >= 0.3 is 12.0 Å². The first-order valence-corrected chi connectivity index (χ1v) is 7.19. The smallest absolute Gasteiger partial charge is 0.335 e. The Balaban J connectivity index is 1.50. The Hall–Kier alpha value is -2.74. The summed E-state index contributed by atoms with van der Waals surface area (Å²) >= 11 is 0. The Morgan fingerprint density at radius 1 is 1.26 bits per heavy atom. The van der Waals surface area contributed by atoms with Crippen molar-refractivity contribution in [3.05, 3.63) is 30.3 Å². The number of carbonyl (C=O) groups is 2. The number of amides is 1. The molecule has 0 aliphatic carbocycles. The fraction of sp³-hybridized carbons (Fsp3) is 0.333. The first kappa shape index (κ1) is 15.2. The van der Waals surface area contributed by atoms with Gasteiger partial charge < -0.3 is 13.9 Å². The average Bonchev–Trinajstić information content (AvgIpc) is 3.25. The van der Waals surface area contributed by atoms with Gasteiger partial charge in [-0.1, -0.05) is 23.3 Å². The van der Waals surface area contributed by atoms with Crippen LogP contribution in [-0.2, 0) is 19.1 Å². The van der Waals surface area contributed by atoms with E-state index < -0.39 is 24.6 Å². The molecule has 8 nitrogen and oxygen atoms in total. The summed E-state index contributed by atoms with van der Waals surface area (Å²) in [6.45, 7) is 0.109. The van der Waals surface area contributed by atoms with E-state index in [1.54, 1.807) is 0 Å². The predicted octanol–water partition coefficient (Wildman–Crippen LogP) is 1.40. The molecule has 1 aromatic carbocycles. The standard InChI is InChI=1S/C15H15N3O5/c19-12(9-22-14(20)11-7-4-8-21-11)16-15-18-17-13(23-15)10-5-2-1-3-6-10/h1-3,5-6,11H,4,7-9H2,(H,16,18,19). The summed E-state index contributed by atoms with van der Waals surface area (Å²) in [5.74, 6) is -0.801. The molecule has 8 heteroatoms. The molecular weight excluding hydrogens is 302 g/mol. The number of benzene rings is 1. The molecular formula is C15H15N3O5. The molecule has 1 amide bonds.